The molecule has 0 saturated carbocycles. The minimum atomic E-state index is -3.51. The summed E-state index contributed by atoms with van der Waals surface area (Å²) in [7, 11) is 2.91. The lowest BCUT2D eigenvalue weighted by molar-refractivity contribution is 0.234. The Kier molecular flexibility index (Phi) is 6.65. The zero-order chi connectivity index (χ0) is 23.8. The first-order valence-electron chi connectivity index (χ1n) is 11.2. The number of likely N-dealkylation sites (tertiary alicyclic amines) is 1. The summed E-state index contributed by atoms with van der Waals surface area (Å²) in [5.41, 5.74) is 2.80. The van der Waals surface area contributed by atoms with Crippen molar-refractivity contribution in [1.82, 2.24) is 18.8 Å². The van der Waals surface area contributed by atoms with Gasteiger partial charge in [-0.25, -0.2) is 17.7 Å². The zero-order valence-electron chi connectivity index (χ0n) is 19.9. The van der Waals surface area contributed by atoms with Crippen LogP contribution < -0.4 is 9.47 Å². The van der Waals surface area contributed by atoms with Gasteiger partial charge in [0, 0.05) is 38.3 Å². The van der Waals surface area contributed by atoms with Gasteiger partial charge >= 0.3 is 0 Å². The van der Waals surface area contributed by atoms with Crippen molar-refractivity contribution in [3.63, 3.8) is 0 Å². The Balaban J connectivity index is 1.68. The molecule has 0 radical (unpaired) electrons. The summed E-state index contributed by atoms with van der Waals surface area (Å²) in [6.45, 7) is 4.49. The molecular formula is C24H32N4O4S. The van der Waals surface area contributed by atoms with Gasteiger partial charge in [0.05, 0.1) is 36.7 Å². The van der Waals surface area contributed by atoms with E-state index in [0.29, 0.717) is 12.1 Å². The second kappa shape index (κ2) is 9.32. The Morgan fingerprint density at radius 3 is 2.58 bits per heavy atom. The van der Waals surface area contributed by atoms with Crippen LogP contribution >= 0.6 is 0 Å². The first kappa shape index (κ1) is 23.5. The van der Waals surface area contributed by atoms with Gasteiger partial charge in [-0.1, -0.05) is 6.07 Å². The Bertz CT molecular complexity index is 1250. The Hall–Kier alpha value is -2.62. The largest absolute Gasteiger partial charge is 0.497 e. The predicted molar refractivity (Wildman–Crippen MR) is 128 cm³/mol. The van der Waals surface area contributed by atoms with Gasteiger partial charge in [-0.3, -0.25) is 4.90 Å². The number of ether oxygens (including phenoxy) is 2. The molecule has 0 N–H and O–H groups in total. The molecule has 33 heavy (non-hydrogen) atoms. The Morgan fingerprint density at radius 1 is 1.12 bits per heavy atom. The van der Waals surface area contributed by atoms with Crippen molar-refractivity contribution in [2.45, 2.75) is 43.8 Å². The summed E-state index contributed by atoms with van der Waals surface area (Å²) in [6.07, 6.45) is 2.14. The highest BCUT2D eigenvalue weighted by atomic mass is 32.2. The molecule has 1 aliphatic rings. The molecule has 1 saturated heterocycles. The summed E-state index contributed by atoms with van der Waals surface area (Å²) in [4.78, 5) is 7.55. The fraction of sp³-hybridized carbons (Fsp3) is 0.458. The average Bonchev–Trinajstić information content (AvgIpc) is 3.41. The molecule has 2 heterocycles. The lowest BCUT2D eigenvalue weighted by Crippen LogP contribution is -2.25. The first-order chi connectivity index (χ1) is 15.8. The minimum Gasteiger partial charge on any atom is -0.497 e. The maximum Gasteiger partial charge on any atom is 0.242 e. The van der Waals surface area contributed by atoms with Crippen LogP contribution in [0.3, 0.4) is 0 Å². The maximum absolute atomic E-state index is 12.6. The van der Waals surface area contributed by atoms with E-state index in [9.17, 15) is 8.42 Å². The zero-order valence-corrected chi connectivity index (χ0v) is 20.7. The van der Waals surface area contributed by atoms with E-state index in [-0.39, 0.29) is 10.9 Å². The summed E-state index contributed by atoms with van der Waals surface area (Å²) in [5.74, 6) is 2.54. The molecule has 3 aromatic rings. The van der Waals surface area contributed by atoms with Crippen molar-refractivity contribution >= 4 is 21.1 Å². The second-order valence-electron chi connectivity index (χ2n) is 8.45. The molecule has 0 bridgehead atoms. The fourth-order valence-electron chi connectivity index (χ4n) is 4.65. The molecule has 1 aliphatic heterocycles. The van der Waals surface area contributed by atoms with Crippen LogP contribution in [0.4, 0.5) is 0 Å². The van der Waals surface area contributed by atoms with Crippen LogP contribution in [0.25, 0.3) is 11.0 Å². The number of hydrogen-bond acceptors (Lipinski definition) is 6. The number of aryl methyl sites for hydroxylation is 1. The van der Waals surface area contributed by atoms with Gasteiger partial charge in [0.25, 0.3) is 0 Å². The Morgan fingerprint density at radius 2 is 1.91 bits per heavy atom. The monoisotopic (exact) mass is 472 g/mol. The highest BCUT2D eigenvalue weighted by Gasteiger charge is 2.30. The first-order valence-corrected chi connectivity index (χ1v) is 12.6. The second-order valence-corrected chi connectivity index (χ2v) is 10.6. The molecular weight excluding hydrogens is 440 g/mol. The number of rotatable bonds is 8. The molecule has 9 heteroatoms. The highest BCUT2D eigenvalue weighted by Crippen LogP contribution is 2.39. The van der Waals surface area contributed by atoms with Gasteiger partial charge in [-0.2, -0.15) is 0 Å². The number of imidazole rings is 1. The molecule has 8 nitrogen and oxygen atoms in total. The molecule has 0 amide bonds. The van der Waals surface area contributed by atoms with Crippen LogP contribution in [0.1, 0.15) is 37.2 Å². The number of aromatic nitrogens is 2. The molecule has 1 aromatic heterocycles. The van der Waals surface area contributed by atoms with Crippen molar-refractivity contribution in [1.29, 1.82) is 0 Å². The van der Waals surface area contributed by atoms with Crippen LogP contribution in [0.15, 0.2) is 41.3 Å². The van der Waals surface area contributed by atoms with Crippen LogP contribution in [0.5, 0.6) is 11.5 Å². The quantitative estimate of drug-likeness (QED) is 0.498. The van der Waals surface area contributed by atoms with Crippen molar-refractivity contribution in [2.75, 3.05) is 34.9 Å². The summed E-state index contributed by atoms with van der Waals surface area (Å²) < 4.78 is 39.6. The van der Waals surface area contributed by atoms with E-state index in [4.69, 9.17) is 14.5 Å². The summed E-state index contributed by atoms with van der Waals surface area (Å²) in [5, 5.41) is 0. The molecule has 4 rings (SSSR count). The number of hydrogen-bond donors (Lipinski definition) is 0. The van der Waals surface area contributed by atoms with Crippen LogP contribution in [0.2, 0.25) is 0 Å². The smallest absolute Gasteiger partial charge is 0.242 e. The van der Waals surface area contributed by atoms with Gasteiger partial charge in [0.1, 0.15) is 17.3 Å². The number of fused-ring (bicyclic) bond motifs is 1. The maximum atomic E-state index is 12.6. The van der Waals surface area contributed by atoms with Crippen molar-refractivity contribution in [3.05, 3.63) is 47.8 Å². The van der Waals surface area contributed by atoms with Gasteiger partial charge in [-0.05, 0) is 50.6 Å². The summed E-state index contributed by atoms with van der Waals surface area (Å²) >= 11 is 0. The van der Waals surface area contributed by atoms with E-state index in [1.54, 1.807) is 26.4 Å². The van der Waals surface area contributed by atoms with Gasteiger partial charge < -0.3 is 14.0 Å². The van der Waals surface area contributed by atoms with Crippen molar-refractivity contribution in [3.8, 4) is 11.5 Å². The summed E-state index contributed by atoms with van der Waals surface area (Å²) in [6, 6.07) is 11.4. The van der Waals surface area contributed by atoms with Gasteiger partial charge in [0.15, 0.2) is 0 Å². The average molecular weight is 473 g/mol. The standard InChI is InChI=1S/C24H32N4O4S/c1-6-28-22-12-10-18(33(29,30)26(2)3)15-20(22)25-24(28)16-27-13-7-8-21(27)19-11-9-17(31-4)14-23(19)32-5/h9-12,14-15,21H,6-8,13,16H2,1-5H3/t21-/m1/s1. The molecule has 0 aliphatic carbocycles. The van der Waals surface area contributed by atoms with Crippen LogP contribution in [-0.4, -0.2) is 62.0 Å². The van der Waals surface area contributed by atoms with Crippen molar-refractivity contribution in [2.24, 2.45) is 0 Å². The van der Waals surface area contributed by atoms with Crippen molar-refractivity contribution < 1.29 is 17.9 Å². The molecule has 0 unspecified atom stereocenters. The van der Waals surface area contributed by atoms with Crippen LogP contribution in [0, 0.1) is 0 Å². The fourth-order valence-corrected chi connectivity index (χ4v) is 5.57. The number of sulfonamides is 1. The lowest BCUT2D eigenvalue weighted by Gasteiger charge is -2.26. The third-order valence-corrected chi connectivity index (χ3v) is 8.21. The number of benzene rings is 2. The SMILES string of the molecule is CCn1c(CN2CCC[C@@H]2c2ccc(OC)cc2OC)nc2cc(S(=O)(=O)N(C)C)ccc21. The third kappa shape index (κ3) is 4.32. The minimum absolute atomic E-state index is 0.223. The van der Waals surface area contributed by atoms with E-state index < -0.39 is 10.0 Å². The molecule has 2 aromatic carbocycles. The lowest BCUT2D eigenvalue weighted by atomic mass is 10.0. The molecule has 0 spiro atoms. The van der Waals surface area contributed by atoms with Gasteiger partial charge in [-0.15, -0.1) is 0 Å². The van der Waals surface area contributed by atoms with E-state index in [2.05, 4.69) is 22.5 Å². The molecule has 1 fully saturated rings. The van der Waals surface area contributed by atoms with E-state index >= 15 is 0 Å². The number of methoxy groups -OCH3 is 2. The third-order valence-electron chi connectivity index (χ3n) is 6.40. The van der Waals surface area contributed by atoms with E-state index in [1.807, 2.05) is 18.2 Å². The topological polar surface area (TPSA) is 76.9 Å². The van der Waals surface area contributed by atoms with E-state index in [1.165, 1.54) is 18.4 Å². The molecule has 178 valence electrons. The normalized spacial score (nSPS) is 17.2. The van der Waals surface area contributed by atoms with E-state index in [0.717, 1.165) is 54.3 Å². The van der Waals surface area contributed by atoms with Crippen LogP contribution in [-0.2, 0) is 23.1 Å². The molecule has 1 atom stereocenters. The number of nitrogens with zero attached hydrogens (tertiary/aromatic N) is 4. The van der Waals surface area contributed by atoms with Gasteiger partial charge in [0.2, 0.25) is 10.0 Å². The Labute approximate surface area is 195 Å². The highest BCUT2D eigenvalue weighted by molar-refractivity contribution is 7.89. The predicted octanol–water partition coefficient (Wildman–Crippen LogP) is 3.66.